The van der Waals surface area contributed by atoms with Crippen molar-refractivity contribution >= 4 is 23.4 Å². The number of rotatable bonds is 5. The van der Waals surface area contributed by atoms with Crippen LogP contribution < -0.4 is 5.32 Å². The number of nitro groups is 1. The minimum absolute atomic E-state index is 0.0327. The third kappa shape index (κ3) is 4.16. The van der Waals surface area contributed by atoms with Crippen LogP contribution in [0, 0.1) is 10.1 Å². The topological polar surface area (TPSA) is 110 Å². The van der Waals surface area contributed by atoms with Crippen molar-refractivity contribution in [2.45, 2.75) is 38.8 Å². The zero-order valence-corrected chi connectivity index (χ0v) is 16.3. The molecular weight excluding hydrogens is 374 g/mol. The lowest BCUT2D eigenvalue weighted by atomic mass is 10.0. The average molecular weight is 395 g/mol. The second kappa shape index (κ2) is 7.46. The zero-order chi connectivity index (χ0) is 21.3. The molecule has 0 saturated heterocycles. The largest absolute Gasteiger partial charge is 0.350 e. The molecule has 3 rings (SSSR count). The molecule has 2 aromatic rings. The minimum atomic E-state index is -1.14. The molecule has 150 valence electrons. The highest BCUT2D eigenvalue weighted by molar-refractivity contribution is 6.22. The summed E-state index contributed by atoms with van der Waals surface area (Å²) >= 11 is 0. The summed E-state index contributed by atoms with van der Waals surface area (Å²) in [7, 11) is 0. The predicted octanol–water partition coefficient (Wildman–Crippen LogP) is 2.72. The molecule has 1 aliphatic heterocycles. The third-order valence-corrected chi connectivity index (χ3v) is 4.49. The second-order valence-corrected chi connectivity index (χ2v) is 7.91. The van der Waals surface area contributed by atoms with E-state index in [4.69, 9.17) is 0 Å². The number of hydrogen-bond donors (Lipinski definition) is 1. The number of carbonyl (C=O) groups is 3. The Morgan fingerprint density at radius 2 is 1.66 bits per heavy atom. The van der Waals surface area contributed by atoms with E-state index in [0.29, 0.717) is 5.56 Å². The molecule has 0 radical (unpaired) electrons. The number of amides is 3. The number of carbonyl (C=O) groups excluding carboxylic acids is 3. The second-order valence-electron chi connectivity index (χ2n) is 7.91. The van der Waals surface area contributed by atoms with Gasteiger partial charge in [-0.2, -0.15) is 0 Å². The molecule has 8 nitrogen and oxygen atoms in total. The SMILES string of the molecule is CC(C)(C)NC(=O)C(Cc1cccc([N+](=O)[O-])c1)N1C(=O)c2ccccc2C1=O. The number of nitrogens with zero attached hydrogens (tertiary/aromatic N) is 2. The summed E-state index contributed by atoms with van der Waals surface area (Å²) in [4.78, 5) is 50.3. The highest BCUT2D eigenvalue weighted by Gasteiger charge is 2.43. The van der Waals surface area contributed by atoms with Crippen molar-refractivity contribution in [3.05, 3.63) is 75.3 Å². The summed E-state index contributed by atoms with van der Waals surface area (Å²) in [5.41, 5.74) is 0.247. The number of nitrogens with one attached hydrogen (secondary N) is 1. The molecule has 0 bridgehead atoms. The first-order valence-electron chi connectivity index (χ1n) is 9.11. The van der Waals surface area contributed by atoms with Gasteiger partial charge >= 0.3 is 0 Å². The molecule has 0 fully saturated rings. The number of fused-ring (bicyclic) bond motifs is 1. The molecule has 1 heterocycles. The molecule has 3 amide bonds. The van der Waals surface area contributed by atoms with Crippen molar-refractivity contribution in [1.29, 1.82) is 0 Å². The molecule has 1 N–H and O–H groups in total. The van der Waals surface area contributed by atoms with E-state index in [0.717, 1.165) is 4.90 Å². The van der Waals surface area contributed by atoms with Gasteiger partial charge in [-0.1, -0.05) is 24.3 Å². The number of benzene rings is 2. The Balaban J connectivity index is 1.99. The van der Waals surface area contributed by atoms with Crippen LogP contribution in [0.25, 0.3) is 0 Å². The standard InChI is InChI=1S/C21H21N3O5/c1-21(2,3)22-18(25)17(12-13-7-6-8-14(11-13)24(28)29)23-19(26)15-9-4-5-10-16(15)20(23)27/h4-11,17H,12H2,1-3H3,(H,22,25). The molecule has 8 heteroatoms. The van der Waals surface area contributed by atoms with E-state index in [-0.39, 0.29) is 23.2 Å². The Morgan fingerprint density at radius 3 is 2.17 bits per heavy atom. The van der Waals surface area contributed by atoms with Crippen molar-refractivity contribution in [2.24, 2.45) is 0 Å². The van der Waals surface area contributed by atoms with E-state index in [1.165, 1.54) is 18.2 Å². The number of hydrogen-bond acceptors (Lipinski definition) is 5. The van der Waals surface area contributed by atoms with Crippen LogP contribution in [0.2, 0.25) is 0 Å². The van der Waals surface area contributed by atoms with E-state index in [1.54, 1.807) is 51.1 Å². The lowest BCUT2D eigenvalue weighted by molar-refractivity contribution is -0.384. The van der Waals surface area contributed by atoms with E-state index < -0.39 is 34.2 Å². The molecule has 1 aliphatic rings. The molecule has 0 spiro atoms. The van der Waals surface area contributed by atoms with Crippen molar-refractivity contribution in [2.75, 3.05) is 0 Å². The summed E-state index contributed by atoms with van der Waals surface area (Å²) in [5, 5.41) is 13.9. The summed E-state index contributed by atoms with van der Waals surface area (Å²) in [6.07, 6.45) is -0.0327. The van der Waals surface area contributed by atoms with Gasteiger partial charge in [-0.15, -0.1) is 0 Å². The summed E-state index contributed by atoms with van der Waals surface area (Å²) in [6, 6.07) is 11.1. The molecule has 0 saturated carbocycles. The first-order valence-corrected chi connectivity index (χ1v) is 9.11. The molecule has 0 aromatic heterocycles. The van der Waals surface area contributed by atoms with Crippen LogP contribution in [0.5, 0.6) is 0 Å². The predicted molar refractivity (Wildman–Crippen MR) is 105 cm³/mol. The average Bonchev–Trinajstić information content (AvgIpc) is 2.90. The maximum atomic E-state index is 13.0. The van der Waals surface area contributed by atoms with Crippen LogP contribution >= 0.6 is 0 Å². The van der Waals surface area contributed by atoms with E-state index in [2.05, 4.69) is 5.32 Å². The normalized spacial score (nSPS) is 14.5. The smallest absolute Gasteiger partial charge is 0.269 e. The summed E-state index contributed by atoms with van der Waals surface area (Å²) in [6.45, 7) is 5.37. The Bertz CT molecular complexity index is 974. The molecule has 0 aliphatic carbocycles. The summed E-state index contributed by atoms with van der Waals surface area (Å²) in [5.74, 6) is -1.60. The van der Waals surface area contributed by atoms with E-state index in [9.17, 15) is 24.5 Å². The molecule has 1 atom stereocenters. The first-order chi connectivity index (χ1) is 13.6. The fourth-order valence-corrected chi connectivity index (χ4v) is 3.27. The zero-order valence-electron chi connectivity index (χ0n) is 16.3. The fourth-order valence-electron chi connectivity index (χ4n) is 3.27. The van der Waals surface area contributed by atoms with Crippen LogP contribution in [0.1, 0.15) is 47.1 Å². The van der Waals surface area contributed by atoms with E-state index >= 15 is 0 Å². The van der Waals surface area contributed by atoms with Crippen LogP contribution in [0.15, 0.2) is 48.5 Å². The van der Waals surface area contributed by atoms with Gasteiger partial charge in [-0.3, -0.25) is 29.4 Å². The number of nitro benzene ring substituents is 1. The third-order valence-electron chi connectivity index (χ3n) is 4.49. The maximum absolute atomic E-state index is 13.0. The Kier molecular flexibility index (Phi) is 5.19. The van der Waals surface area contributed by atoms with Crippen LogP contribution in [0.3, 0.4) is 0 Å². The molecule has 29 heavy (non-hydrogen) atoms. The number of imide groups is 1. The van der Waals surface area contributed by atoms with Gasteiger partial charge in [0, 0.05) is 24.1 Å². The highest BCUT2D eigenvalue weighted by atomic mass is 16.6. The maximum Gasteiger partial charge on any atom is 0.269 e. The van der Waals surface area contributed by atoms with Crippen LogP contribution in [-0.2, 0) is 11.2 Å². The van der Waals surface area contributed by atoms with Crippen molar-refractivity contribution in [3.8, 4) is 0 Å². The summed E-state index contributed by atoms with van der Waals surface area (Å²) < 4.78 is 0. The van der Waals surface area contributed by atoms with Crippen molar-refractivity contribution in [3.63, 3.8) is 0 Å². The fraction of sp³-hybridized carbons (Fsp3) is 0.286. The van der Waals surface area contributed by atoms with Crippen molar-refractivity contribution in [1.82, 2.24) is 10.2 Å². The van der Waals surface area contributed by atoms with Gasteiger partial charge in [0.15, 0.2) is 0 Å². The Morgan fingerprint density at radius 1 is 1.07 bits per heavy atom. The van der Waals surface area contributed by atoms with Gasteiger partial charge in [-0.25, -0.2) is 0 Å². The molecule has 2 aromatic carbocycles. The molecule has 1 unspecified atom stereocenters. The van der Waals surface area contributed by atoms with Gasteiger partial charge in [-0.05, 0) is 38.5 Å². The van der Waals surface area contributed by atoms with Gasteiger partial charge in [0.25, 0.3) is 17.5 Å². The Labute approximate surface area is 167 Å². The molecular formula is C21H21N3O5. The monoisotopic (exact) mass is 395 g/mol. The van der Waals surface area contributed by atoms with Crippen molar-refractivity contribution < 1.29 is 19.3 Å². The van der Waals surface area contributed by atoms with Crippen LogP contribution in [0.4, 0.5) is 5.69 Å². The lowest BCUT2D eigenvalue weighted by Crippen LogP contribution is -2.54. The van der Waals surface area contributed by atoms with Crippen LogP contribution in [-0.4, -0.2) is 39.1 Å². The van der Waals surface area contributed by atoms with E-state index in [1.807, 2.05) is 0 Å². The number of non-ortho nitro benzene ring substituents is 1. The van der Waals surface area contributed by atoms with Gasteiger partial charge in [0.05, 0.1) is 16.1 Å². The first kappa shape index (κ1) is 20.2. The van der Waals surface area contributed by atoms with Gasteiger partial charge in [0.1, 0.15) is 6.04 Å². The minimum Gasteiger partial charge on any atom is -0.350 e. The Hall–Kier alpha value is -3.55. The highest BCUT2D eigenvalue weighted by Crippen LogP contribution is 2.27. The quantitative estimate of drug-likeness (QED) is 0.476. The van der Waals surface area contributed by atoms with Gasteiger partial charge in [0.2, 0.25) is 5.91 Å². The van der Waals surface area contributed by atoms with Gasteiger partial charge < -0.3 is 5.32 Å². The lowest BCUT2D eigenvalue weighted by Gasteiger charge is -2.29.